The summed E-state index contributed by atoms with van der Waals surface area (Å²) in [5.74, 6) is 0. The second-order valence-corrected chi connectivity index (χ2v) is 17.1. The number of benzene rings is 3. The van der Waals surface area contributed by atoms with E-state index in [0.29, 0.717) is 43.1 Å². The third kappa shape index (κ3) is 9.45. The van der Waals surface area contributed by atoms with Gasteiger partial charge in [0.2, 0.25) is 0 Å². The molecule has 0 aromatic heterocycles. The maximum Gasteiger partial charge on any atom is 0.200 e. The van der Waals surface area contributed by atoms with Gasteiger partial charge in [-0.2, -0.15) is 0 Å². The van der Waals surface area contributed by atoms with Crippen molar-refractivity contribution in [3.05, 3.63) is 108 Å². The summed E-state index contributed by atoms with van der Waals surface area (Å²) in [7, 11) is -2.21. The first-order valence-electron chi connectivity index (χ1n) is 14.8. The van der Waals surface area contributed by atoms with Crippen molar-refractivity contribution in [3.8, 4) is 0 Å². The first kappa shape index (κ1) is 32.9. The van der Waals surface area contributed by atoms with E-state index in [1.165, 1.54) is 0 Å². The highest BCUT2D eigenvalue weighted by molar-refractivity contribution is 6.77. The van der Waals surface area contributed by atoms with Gasteiger partial charge in [-0.15, -0.1) is 0 Å². The van der Waals surface area contributed by atoms with E-state index in [0.717, 1.165) is 23.0 Å². The van der Waals surface area contributed by atoms with Crippen molar-refractivity contribution in [2.24, 2.45) is 0 Å². The molecule has 41 heavy (non-hydrogen) atoms. The maximum atomic E-state index is 12.6. The summed E-state index contributed by atoms with van der Waals surface area (Å²) in [6.45, 7) is 15.0. The SMILES string of the molecule is CC(C)[Si](OC[C@@H](OCc1ccccc1)[C@H](OCc1ccccc1)[C@@H](C=O)OCc1ccccc1)(C(C)C)C(C)C. The summed E-state index contributed by atoms with van der Waals surface area (Å²) < 4.78 is 26.3. The van der Waals surface area contributed by atoms with Crippen LogP contribution >= 0.6 is 0 Å². The van der Waals surface area contributed by atoms with Crippen LogP contribution in [-0.2, 0) is 43.3 Å². The number of hydrogen-bond donors (Lipinski definition) is 0. The largest absolute Gasteiger partial charge is 0.413 e. The standard InChI is InChI=1S/C35H48O5Si/c1-27(2)41(28(3)4,29(5)6)40-26-34(38-24-31-18-12-8-13-19-31)35(39-25-32-20-14-9-15-21-32)33(22-36)37-23-30-16-10-7-11-17-30/h7-22,27-29,33-35H,23-26H2,1-6H3/t33-,34-,35-/m1/s1. The quantitative estimate of drug-likeness (QED) is 0.113. The monoisotopic (exact) mass is 576 g/mol. The molecule has 3 aromatic rings. The van der Waals surface area contributed by atoms with Gasteiger partial charge in [0.15, 0.2) is 14.6 Å². The van der Waals surface area contributed by atoms with E-state index in [2.05, 4.69) is 41.5 Å². The molecule has 0 saturated heterocycles. The van der Waals surface area contributed by atoms with Crippen LogP contribution in [0.15, 0.2) is 91.0 Å². The summed E-state index contributed by atoms with van der Waals surface area (Å²) in [5, 5.41) is 0. The second-order valence-electron chi connectivity index (χ2n) is 11.6. The average Bonchev–Trinajstić information content (AvgIpc) is 2.98. The van der Waals surface area contributed by atoms with E-state index < -0.39 is 26.6 Å². The summed E-state index contributed by atoms with van der Waals surface area (Å²) in [4.78, 5) is 12.6. The molecule has 0 aliphatic carbocycles. The summed E-state index contributed by atoms with van der Waals surface area (Å²) in [5.41, 5.74) is 4.30. The molecule has 0 saturated carbocycles. The van der Waals surface area contributed by atoms with Crippen molar-refractivity contribution in [2.45, 2.75) is 96.3 Å². The number of rotatable bonds is 18. The van der Waals surface area contributed by atoms with E-state index in [1.807, 2.05) is 91.0 Å². The van der Waals surface area contributed by atoms with E-state index in [9.17, 15) is 4.79 Å². The van der Waals surface area contributed by atoms with Gasteiger partial charge in [-0.1, -0.05) is 133 Å². The Labute approximate surface area is 248 Å². The van der Waals surface area contributed by atoms with E-state index >= 15 is 0 Å². The van der Waals surface area contributed by atoms with Crippen LogP contribution in [-0.4, -0.2) is 39.5 Å². The zero-order valence-electron chi connectivity index (χ0n) is 25.6. The molecule has 0 spiro atoms. The smallest absolute Gasteiger partial charge is 0.200 e. The van der Waals surface area contributed by atoms with E-state index in [4.69, 9.17) is 18.6 Å². The number of carbonyl (C=O) groups is 1. The van der Waals surface area contributed by atoms with Crippen LogP contribution < -0.4 is 0 Å². The van der Waals surface area contributed by atoms with Gasteiger partial charge in [0.25, 0.3) is 0 Å². The zero-order valence-corrected chi connectivity index (χ0v) is 26.6. The summed E-state index contributed by atoms with van der Waals surface area (Å²) >= 11 is 0. The number of hydrogen-bond acceptors (Lipinski definition) is 5. The van der Waals surface area contributed by atoms with E-state index in [1.54, 1.807) is 0 Å². The lowest BCUT2D eigenvalue weighted by Gasteiger charge is -2.43. The summed E-state index contributed by atoms with van der Waals surface area (Å²) in [6, 6.07) is 29.9. The minimum absolute atomic E-state index is 0.296. The number of ether oxygens (including phenoxy) is 3. The third-order valence-corrected chi connectivity index (χ3v) is 14.0. The fourth-order valence-corrected chi connectivity index (χ4v) is 11.4. The highest BCUT2D eigenvalue weighted by atomic mass is 28.4. The number of carbonyl (C=O) groups excluding carboxylic acids is 1. The Morgan fingerprint density at radius 1 is 0.585 bits per heavy atom. The first-order chi connectivity index (χ1) is 19.8. The Morgan fingerprint density at radius 3 is 1.37 bits per heavy atom. The molecule has 3 rings (SSSR count). The lowest BCUT2D eigenvalue weighted by molar-refractivity contribution is -0.164. The molecule has 0 unspecified atom stereocenters. The lowest BCUT2D eigenvalue weighted by Crippen LogP contribution is -2.52. The molecule has 6 heteroatoms. The summed E-state index contributed by atoms with van der Waals surface area (Å²) in [6.07, 6.45) is -1.18. The average molecular weight is 577 g/mol. The zero-order chi connectivity index (χ0) is 29.7. The Balaban J connectivity index is 1.93. The van der Waals surface area contributed by atoms with Crippen molar-refractivity contribution in [1.82, 2.24) is 0 Å². The van der Waals surface area contributed by atoms with Gasteiger partial charge in [-0.05, 0) is 33.3 Å². The third-order valence-electron chi connectivity index (χ3n) is 7.91. The van der Waals surface area contributed by atoms with Gasteiger partial charge in [-0.3, -0.25) is 0 Å². The molecule has 0 amide bonds. The van der Waals surface area contributed by atoms with Crippen LogP contribution in [0.1, 0.15) is 58.2 Å². The van der Waals surface area contributed by atoms with Crippen LogP contribution in [0.4, 0.5) is 0 Å². The van der Waals surface area contributed by atoms with Crippen molar-refractivity contribution in [1.29, 1.82) is 0 Å². The molecule has 0 radical (unpaired) electrons. The minimum atomic E-state index is -2.21. The second kappa shape index (κ2) is 16.7. The van der Waals surface area contributed by atoms with Gasteiger partial charge in [-0.25, -0.2) is 0 Å². The fraction of sp³-hybridized carbons (Fsp3) is 0.457. The Hall–Kier alpha value is -2.61. The Kier molecular flexibility index (Phi) is 13.4. The Bertz CT molecular complexity index is 1100. The van der Waals surface area contributed by atoms with E-state index in [-0.39, 0.29) is 0 Å². The van der Waals surface area contributed by atoms with Gasteiger partial charge < -0.3 is 23.4 Å². The maximum absolute atomic E-state index is 12.6. The number of aldehydes is 1. The highest BCUT2D eigenvalue weighted by Gasteiger charge is 2.46. The highest BCUT2D eigenvalue weighted by Crippen LogP contribution is 2.42. The van der Waals surface area contributed by atoms with Crippen molar-refractivity contribution < 1.29 is 23.4 Å². The predicted octanol–water partition coefficient (Wildman–Crippen LogP) is 8.13. The van der Waals surface area contributed by atoms with Crippen LogP contribution in [0.5, 0.6) is 0 Å². The molecule has 0 fully saturated rings. The fourth-order valence-electron chi connectivity index (χ4n) is 5.90. The Morgan fingerprint density at radius 2 is 0.976 bits per heavy atom. The topological polar surface area (TPSA) is 54.0 Å². The first-order valence-corrected chi connectivity index (χ1v) is 17.0. The van der Waals surface area contributed by atoms with Crippen LogP contribution in [0, 0.1) is 0 Å². The normalized spacial score (nSPS) is 14.4. The molecule has 5 nitrogen and oxygen atoms in total. The molecular formula is C35H48O5Si. The van der Waals surface area contributed by atoms with Crippen LogP contribution in [0.2, 0.25) is 16.6 Å². The van der Waals surface area contributed by atoms with Crippen molar-refractivity contribution >= 4 is 14.6 Å². The molecule has 0 aliphatic heterocycles. The molecule has 3 aromatic carbocycles. The molecule has 0 bridgehead atoms. The lowest BCUT2D eigenvalue weighted by atomic mass is 10.1. The molecule has 222 valence electrons. The van der Waals surface area contributed by atoms with Gasteiger partial charge >= 0.3 is 0 Å². The van der Waals surface area contributed by atoms with Crippen molar-refractivity contribution in [3.63, 3.8) is 0 Å². The molecule has 0 aliphatic rings. The van der Waals surface area contributed by atoms with Gasteiger partial charge in [0.1, 0.15) is 18.3 Å². The molecule has 0 heterocycles. The minimum Gasteiger partial charge on any atom is -0.413 e. The van der Waals surface area contributed by atoms with Crippen LogP contribution in [0.25, 0.3) is 0 Å². The molecular weight excluding hydrogens is 528 g/mol. The molecule has 3 atom stereocenters. The van der Waals surface area contributed by atoms with Crippen molar-refractivity contribution in [2.75, 3.05) is 6.61 Å². The molecule has 0 N–H and O–H groups in total. The van der Waals surface area contributed by atoms with Crippen LogP contribution in [0.3, 0.4) is 0 Å². The van der Waals surface area contributed by atoms with Gasteiger partial charge in [0, 0.05) is 0 Å². The predicted molar refractivity (Wildman–Crippen MR) is 168 cm³/mol. The van der Waals surface area contributed by atoms with Gasteiger partial charge in [0.05, 0.1) is 26.4 Å².